The SMILES string of the molecule is CCc1ccccc1NC(=O)C(C)Sc1nncn1C. The summed E-state index contributed by atoms with van der Waals surface area (Å²) < 4.78 is 1.80. The fourth-order valence-corrected chi connectivity index (χ4v) is 2.57. The van der Waals surface area contributed by atoms with E-state index in [0.29, 0.717) is 0 Å². The predicted octanol–water partition coefficient (Wildman–Crippen LogP) is 2.50. The van der Waals surface area contributed by atoms with E-state index in [0.717, 1.165) is 22.8 Å². The molecule has 1 N–H and O–H groups in total. The van der Waals surface area contributed by atoms with Crippen LogP contribution in [0.2, 0.25) is 0 Å². The van der Waals surface area contributed by atoms with Gasteiger partial charge in [-0.1, -0.05) is 36.9 Å². The average Bonchev–Trinajstić information content (AvgIpc) is 2.84. The lowest BCUT2D eigenvalue weighted by Crippen LogP contribution is -2.23. The summed E-state index contributed by atoms with van der Waals surface area (Å²) in [6, 6.07) is 7.86. The lowest BCUT2D eigenvalue weighted by Gasteiger charge is -2.13. The second kappa shape index (κ2) is 6.56. The maximum absolute atomic E-state index is 12.2. The Kier molecular flexibility index (Phi) is 4.79. The number of aromatic nitrogens is 3. The molecule has 0 saturated carbocycles. The predicted molar refractivity (Wildman–Crippen MR) is 80.8 cm³/mol. The average molecular weight is 290 g/mol. The van der Waals surface area contributed by atoms with Gasteiger partial charge in [-0.05, 0) is 25.0 Å². The van der Waals surface area contributed by atoms with Gasteiger partial charge in [0.15, 0.2) is 5.16 Å². The van der Waals surface area contributed by atoms with Gasteiger partial charge in [0, 0.05) is 12.7 Å². The zero-order valence-electron chi connectivity index (χ0n) is 11.8. The van der Waals surface area contributed by atoms with E-state index in [4.69, 9.17) is 0 Å². The van der Waals surface area contributed by atoms with Gasteiger partial charge < -0.3 is 9.88 Å². The maximum atomic E-state index is 12.2. The summed E-state index contributed by atoms with van der Waals surface area (Å²) in [6.07, 6.45) is 2.51. The lowest BCUT2D eigenvalue weighted by molar-refractivity contribution is -0.115. The highest BCUT2D eigenvalue weighted by Crippen LogP contribution is 2.22. The molecule has 0 radical (unpaired) electrons. The number of para-hydroxylation sites is 1. The topological polar surface area (TPSA) is 59.8 Å². The highest BCUT2D eigenvalue weighted by Gasteiger charge is 2.17. The Hall–Kier alpha value is -1.82. The fraction of sp³-hybridized carbons (Fsp3) is 0.357. The van der Waals surface area contributed by atoms with Crippen LogP contribution in [0.15, 0.2) is 35.7 Å². The van der Waals surface area contributed by atoms with Gasteiger partial charge in [0.25, 0.3) is 0 Å². The van der Waals surface area contributed by atoms with Crippen molar-refractivity contribution < 1.29 is 4.79 Å². The molecule has 5 nitrogen and oxygen atoms in total. The van der Waals surface area contributed by atoms with Gasteiger partial charge in [0.05, 0.1) is 5.25 Å². The first-order valence-corrected chi connectivity index (χ1v) is 7.39. The molecule has 2 rings (SSSR count). The fourth-order valence-electron chi connectivity index (χ4n) is 1.78. The van der Waals surface area contributed by atoms with Gasteiger partial charge in [-0.25, -0.2) is 0 Å². The van der Waals surface area contributed by atoms with Crippen molar-refractivity contribution in [3.05, 3.63) is 36.2 Å². The van der Waals surface area contributed by atoms with Gasteiger partial charge in [-0.15, -0.1) is 10.2 Å². The Morgan fingerprint density at radius 1 is 1.45 bits per heavy atom. The first kappa shape index (κ1) is 14.6. The second-order valence-electron chi connectivity index (χ2n) is 4.48. The number of aryl methyl sites for hydroxylation is 2. The first-order chi connectivity index (χ1) is 9.61. The minimum absolute atomic E-state index is 0.0288. The molecule has 6 heteroatoms. The zero-order valence-corrected chi connectivity index (χ0v) is 12.6. The van der Waals surface area contributed by atoms with Crippen molar-refractivity contribution in [3.8, 4) is 0 Å². The molecule has 1 amide bonds. The summed E-state index contributed by atoms with van der Waals surface area (Å²) in [5.41, 5.74) is 2.02. The monoisotopic (exact) mass is 290 g/mol. The van der Waals surface area contributed by atoms with Gasteiger partial charge in [-0.3, -0.25) is 4.79 Å². The van der Waals surface area contributed by atoms with Gasteiger partial charge in [0.1, 0.15) is 6.33 Å². The van der Waals surface area contributed by atoms with E-state index in [-0.39, 0.29) is 11.2 Å². The Morgan fingerprint density at radius 2 is 2.20 bits per heavy atom. The molecule has 1 aromatic carbocycles. The quantitative estimate of drug-likeness (QED) is 0.860. The van der Waals surface area contributed by atoms with Crippen LogP contribution in [0.4, 0.5) is 5.69 Å². The van der Waals surface area contributed by atoms with Crippen LogP contribution in [-0.2, 0) is 18.3 Å². The largest absolute Gasteiger partial charge is 0.325 e. The van der Waals surface area contributed by atoms with Crippen molar-refractivity contribution in [2.45, 2.75) is 30.7 Å². The number of carbonyl (C=O) groups excluding carboxylic acids is 1. The summed E-state index contributed by atoms with van der Waals surface area (Å²) >= 11 is 1.39. The molecule has 0 aliphatic rings. The number of hydrogen-bond acceptors (Lipinski definition) is 4. The van der Waals surface area contributed by atoms with E-state index in [1.807, 2.05) is 38.2 Å². The van der Waals surface area contributed by atoms with Crippen molar-refractivity contribution in [3.63, 3.8) is 0 Å². The Bertz CT molecular complexity index is 596. The third-order valence-electron chi connectivity index (χ3n) is 2.98. The van der Waals surface area contributed by atoms with Crippen LogP contribution in [-0.4, -0.2) is 25.9 Å². The number of thioether (sulfide) groups is 1. The maximum Gasteiger partial charge on any atom is 0.237 e. The van der Waals surface area contributed by atoms with Crippen LogP contribution < -0.4 is 5.32 Å². The molecule has 0 saturated heterocycles. The van der Waals surface area contributed by atoms with E-state index < -0.39 is 0 Å². The molecule has 1 atom stereocenters. The molecule has 0 aliphatic heterocycles. The number of nitrogens with zero attached hydrogens (tertiary/aromatic N) is 3. The van der Waals surface area contributed by atoms with Gasteiger partial charge in [-0.2, -0.15) is 0 Å². The molecule has 0 spiro atoms. The number of nitrogens with one attached hydrogen (secondary N) is 1. The summed E-state index contributed by atoms with van der Waals surface area (Å²) in [4.78, 5) is 12.2. The van der Waals surface area contributed by atoms with E-state index in [2.05, 4.69) is 22.4 Å². The number of carbonyl (C=O) groups is 1. The minimum atomic E-state index is -0.234. The number of anilines is 1. The third kappa shape index (κ3) is 3.39. The summed E-state index contributed by atoms with van der Waals surface area (Å²) in [6.45, 7) is 3.94. The van der Waals surface area contributed by atoms with Gasteiger partial charge >= 0.3 is 0 Å². The van der Waals surface area contributed by atoms with Crippen molar-refractivity contribution in [1.29, 1.82) is 0 Å². The highest BCUT2D eigenvalue weighted by atomic mass is 32.2. The molecular formula is C14H18N4OS. The third-order valence-corrected chi connectivity index (χ3v) is 4.13. The molecule has 0 fully saturated rings. The Labute approximate surface area is 122 Å². The van der Waals surface area contributed by atoms with Crippen molar-refractivity contribution in [1.82, 2.24) is 14.8 Å². The molecule has 1 heterocycles. The van der Waals surface area contributed by atoms with Crippen molar-refractivity contribution in [2.24, 2.45) is 7.05 Å². The number of benzene rings is 1. The van der Waals surface area contributed by atoms with E-state index >= 15 is 0 Å². The number of amides is 1. The molecule has 106 valence electrons. The van der Waals surface area contributed by atoms with E-state index in [9.17, 15) is 4.79 Å². The molecule has 1 aromatic heterocycles. The Balaban J connectivity index is 2.02. The lowest BCUT2D eigenvalue weighted by atomic mass is 10.1. The summed E-state index contributed by atoms with van der Waals surface area (Å²) in [5.74, 6) is -0.0288. The second-order valence-corrected chi connectivity index (χ2v) is 5.79. The van der Waals surface area contributed by atoms with E-state index in [1.165, 1.54) is 11.8 Å². The van der Waals surface area contributed by atoms with Crippen molar-refractivity contribution in [2.75, 3.05) is 5.32 Å². The molecule has 0 bridgehead atoms. The normalized spacial score (nSPS) is 12.2. The van der Waals surface area contributed by atoms with Gasteiger partial charge in [0.2, 0.25) is 5.91 Å². The standard InChI is InChI=1S/C14H18N4OS/c1-4-11-7-5-6-8-12(11)16-13(19)10(2)20-14-17-15-9-18(14)3/h5-10H,4H2,1-3H3,(H,16,19). The van der Waals surface area contributed by atoms with E-state index in [1.54, 1.807) is 10.9 Å². The zero-order chi connectivity index (χ0) is 14.5. The number of rotatable bonds is 5. The molecule has 20 heavy (non-hydrogen) atoms. The molecule has 2 aromatic rings. The summed E-state index contributed by atoms with van der Waals surface area (Å²) in [5, 5.41) is 11.3. The Morgan fingerprint density at radius 3 is 2.85 bits per heavy atom. The van der Waals surface area contributed by atoms with Crippen LogP contribution in [0.3, 0.4) is 0 Å². The minimum Gasteiger partial charge on any atom is -0.325 e. The van der Waals surface area contributed by atoms with Crippen LogP contribution in [0.25, 0.3) is 0 Å². The van der Waals surface area contributed by atoms with Crippen LogP contribution in [0.5, 0.6) is 0 Å². The van der Waals surface area contributed by atoms with Crippen molar-refractivity contribution >= 4 is 23.4 Å². The molecular weight excluding hydrogens is 272 g/mol. The van der Waals surface area contributed by atoms with Crippen LogP contribution >= 0.6 is 11.8 Å². The van der Waals surface area contributed by atoms with Crippen LogP contribution in [0, 0.1) is 0 Å². The molecule has 0 aliphatic carbocycles. The summed E-state index contributed by atoms with van der Waals surface area (Å²) in [7, 11) is 1.86. The smallest absolute Gasteiger partial charge is 0.237 e. The first-order valence-electron chi connectivity index (χ1n) is 6.51. The highest BCUT2D eigenvalue weighted by molar-refractivity contribution is 8.00. The number of hydrogen-bond donors (Lipinski definition) is 1. The molecule has 1 unspecified atom stereocenters. The van der Waals surface area contributed by atoms with Crippen LogP contribution in [0.1, 0.15) is 19.4 Å².